The second kappa shape index (κ2) is 4.68. The van der Waals surface area contributed by atoms with Crippen LogP contribution < -0.4 is 5.32 Å². The van der Waals surface area contributed by atoms with Crippen LogP contribution in [-0.4, -0.2) is 22.6 Å². The lowest BCUT2D eigenvalue weighted by Gasteiger charge is -2.33. The predicted molar refractivity (Wildman–Crippen MR) is 62.1 cm³/mol. The molecule has 0 unspecified atom stereocenters. The van der Waals surface area contributed by atoms with Gasteiger partial charge in [0.05, 0.1) is 11.8 Å². The molecular formula is C12H19N3O. The Morgan fingerprint density at radius 3 is 2.88 bits per heavy atom. The summed E-state index contributed by atoms with van der Waals surface area (Å²) < 4.78 is 0. The molecule has 0 radical (unpaired) electrons. The number of amides is 1. The number of carbonyl (C=O) groups is 1. The van der Waals surface area contributed by atoms with Crippen molar-refractivity contribution < 1.29 is 4.79 Å². The average Bonchev–Trinajstić information content (AvgIpc) is 2.80. The van der Waals surface area contributed by atoms with E-state index in [2.05, 4.69) is 22.4 Å². The Morgan fingerprint density at radius 1 is 1.50 bits per heavy atom. The largest absolute Gasteiger partial charge is 0.351 e. The van der Waals surface area contributed by atoms with E-state index in [1.54, 1.807) is 12.4 Å². The lowest BCUT2D eigenvalue weighted by molar-refractivity contribution is 0.0919. The Morgan fingerprint density at radius 2 is 2.25 bits per heavy atom. The number of hydrogen-bond acceptors (Lipinski definition) is 2. The molecule has 16 heavy (non-hydrogen) atoms. The maximum atomic E-state index is 11.7. The molecule has 0 aliphatic heterocycles. The van der Waals surface area contributed by atoms with Gasteiger partial charge in [0.1, 0.15) is 0 Å². The van der Waals surface area contributed by atoms with Crippen molar-refractivity contribution >= 4 is 5.91 Å². The van der Waals surface area contributed by atoms with Crippen molar-refractivity contribution in [3.05, 3.63) is 18.0 Å². The molecule has 1 aliphatic rings. The highest BCUT2D eigenvalue weighted by atomic mass is 16.1. The van der Waals surface area contributed by atoms with Gasteiger partial charge in [-0.25, -0.2) is 0 Å². The van der Waals surface area contributed by atoms with Crippen molar-refractivity contribution in [2.24, 2.45) is 5.41 Å². The number of carbonyl (C=O) groups excluding carboxylic acids is 1. The van der Waals surface area contributed by atoms with Gasteiger partial charge >= 0.3 is 0 Å². The third kappa shape index (κ3) is 2.62. The molecule has 1 heterocycles. The van der Waals surface area contributed by atoms with Gasteiger partial charge in [-0.3, -0.25) is 9.89 Å². The standard InChI is InChI=1S/C12H19N3O/c1-12(5-3-2-4-6-12)9-13-11(16)10-7-14-15-8-10/h7-8H,2-6,9H2,1H3,(H,13,16)(H,14,15). The summed E-state index contributed by atoms with van der Waals surface area (Å²) in [5.41, 5.74) is 0.900. The fourth-order valence-electron chi connectivity index (χ4n) is 2.35. The molecule has 2 N–H and O–H groups in total. The molecule has 1 aliphatic carbocycles. The summed E-state index contributed by atoms with van der Waals surface area (Å²) in [7, 11) is 0. The highest BCUT2D eigenvalue weighted by Gasteiger charge is 2.27. The molecule has 0 bridgehead atoms. The number of hydrogen-bond donors (Lipinski definition) is 2. The second-order valence-corrected chi connectivity index (χ2v) is 5.04. The van der Waals surface area contributed by atoms with E-state index >= 15 is 0 Å². The van der Waals surface area contributed by atoms with E-state index in [-0.39, 0.29) is 11.3 Å². The van der Waals surface area contributed by atoms with Gasteiger partial charge in [-0.15, -0.1) is 0 Å². The highest BCUT2D eigenvalue weighted by molar-refractivity contribution is 5.93. The van der Waals surface area contributed by atoms with Crippen molar-refractivity contribution in [1.82, 2.24) is 15.5 Å². The van der Waals surface area contributed by atoms with Gasteiger partial charge in [0, 0.05) is 12.7 Å². The van der Waals surface area contributed by atoms with Crippen LogP contribution in [0.1, 0.15) is 49.4 Å². The summed E-state index contributed by atoms with van der Waals surface area (Å²) in [5, 5.41) is 9.41. The minimum Gasteiger partial charge on any atom is -0.351 e. The SMILES string of the molecule is CC1(CNC(=O)c2cn[nH]c2)CCCCC1. The second-order valence-electron chi connectivity index (χ2n) is 5.04. The van der Waals surface area contributed by atoms with Crippen LogP contribution in [0, 0.1) is 5.41 Å². The number of rotatable bonds is 3. The van der Waals surface area contributed by atoms with Crippen molar-refractivity contribution in [1.29, 1.82) is 0 Å². The van der Waals surface area contributed by atoms with Crippen molar-refractivity contribution in [2.75, 3.05) is 6.54 Å². The molecular weight excluding hydrogens is 202 g/mol. The monoisotopic (exact) mass is 221 g/mol. The van der Waals surface area contributed by atoms with Crippen LogP contribution in [0.15, 0.2) is 12.4 Å². The maximum absolute atomic E-state index is 11.7. The Labute approximate surface area is 95.8 Å². The Hall–Kier alpha value is -1.32. The fourth-order valence-corrected chi connectivity index (χ4v) is 2.35. The van der Waals surface area contributed by atoms with E-state index in [1.165, 1.54) is 32.1 Å². The topological polar surface area (TPSA) is 57.8 Å². The maximum Gasteiger partial charge on any atom is 0.254 e. The third-order valence-electron chi connectivity index (χ3n) is 3.50. The number of nitrogens with zero attached hydrogens (tertiary/aromatic N) is 1. The van der Waals surface area contributed by atoms with Gasteiger partial charge in [0.2, 0.25) is 0 Å². The zero-order chi connectivity index (χ0) is 11.4. The smallest absolute Gasteiger partial charge is 0.254 e. The van der Waals surface area contributed by atoms with Crippen molar-refractivity contribution in [3.63, 3.8) is 0 Å². The van der Waals surface area contributed by atoms with Gasteiger partial charge in [-0.2, -0.15) is 5.10 Å². The minimum absolute atomic E-state index is 0.0273. The first-order valence-corrected chi connectivity index (χ1v) is 5.97. The van der Waals surface area contributed by atoms with E-state index in [1.807, 2.05) is 0 Å². The lowest BCUT2D eigenvalue weighted by Crippen LogP contribution is -2.36. The predicted octanol–water partition coefficient (Wildman–Crippen LogP) is 2.11. The van der Waals surface area contributed by atoms with Gasteiger partial charge in [-0.1, -0.05) is 26.2 Å². The van der Waals surface area contributed by atoms with E-state index in [4.69, 9.17) is 0 Å². The number of nitrogens with one attached hydrogen (secondary N) is 2. The Balaban J connectivity index is 1.84. The zero-order valence-electron chi connectivity index (χ0n) is 9.75. The average molecular weight is 221 g/mol. The molecule has 2 rings (SSSR count). The molecule has 88 valence electrons. The number of H-pyrrole nitrogens is 1. The van der Waals surface area contributed by atoms with Crippen molar-refractivity contribution in [3.8, 4) is 0 Å². The van der Waals surface area contributed by atoms with E-state index in [0.717, 1.165) is 6.54 Å². The van der Waals surface area contributed by atoms with Crippen LogP contribution in [0.5, 0.6) is 0 Å². The molecule has 1 fully saturated rings. The Kier molecular flexibility index (Phi) is 3.27. The molecule has 1 amide bonds. The van der Waals surface area contributed by atoms with Crippen LogP contribution in [-0.2, 0) is 0 Å². The fraction of sp³-hybridized carbons (Fsp3) is 0.667. The summed E-state index contributed by atoms with van der Waals surface area (Å²) >= 11 is 0. The quantitative estimate of drug-likeness (QED) is 0.821. The van der Waals surface area contributed by atoms with E-state index < -0.39 is 0 Å². The van der Waals surface area contributed by atoms with E-state index in [9.17, 15) is 4.79 Å². The number of aromatic nitrogens is 2. The van der Waals surface area contributed by atoms with Gasteiger partial charge in [-0.05, 0) is 18.3 Å². The first kappa shape index (κ1) is 11.2. The molecule has 1 aromatic rings. The molecule has 4 heteroatoms. The highest BCUT2D eigenvalue weighted by Crippen LogP contribution is 2.34. The Bertz CT molecular complexity index is 339. The van der Waals surface area contributed by atoms with Crippen LogP contribution >= 0.6 is 0 Å². The number of aromatic amines is 1. The summed E-state index contributed by atoms with van der Waals surface area (Å²) in [6.07, 6.45) is 9.54. The van der Waals surface area contributed by atoms with Crippen LogP contribution in [0.3, 0.4) is 0 Å². The molecule has 0 spiro atoms. The summed E-state index contributed by atoms with van der Waals surface area (Å²) in [6.45, 7) is 3.04. The molecule has 0 atom stereocenters. The van der Waals surface area contributed by atoms with Crippen LogP contribution in [0.25, 0.3) is 0 Å². The van der Waals surface area contributed by atoms with Crippen LogP contribution in [0.4, 0.5) is 0 Å². The molecule has 1 saturated carbocycles. The first-order valence-electron chi connectivity index (χ1n) is 5.97. The van der Waals surface area contributed by atoms with Gasteiger partial charge in [0.15, 0.2) is 0 Å². The van der Waals surface area contributed by atoms with E-state index in [0.29, 0.717) is 5.56 Å². The normalized spacial score (nSPS) is 19.3. The van der Waals surface area contributed by atoms with Crippen LogP contribution in [0.2, 0.25) is 0 Å². The summed E-state index contributed by atoms with van der Waals surface area (Å²) in [4.78, 5) is 11.7. The van der Waals surface area contributed by atoms with Gasteiger partial charge in [0.25, 0.3) is 5.91 Å². The third-order valence-corrected chi connectivity index (χ3v) is 3.50. The summed E-state index contributed by atoms with van der Waals surface area (Å²) in [5.74, 6) is -0.0273. The minimum atomic E-state index is -0.0273. The van der Waals surface area contributed by atoms with Gasteiger partial charge < -0.3 is 5.32 Å². The molecule has 0 aromatic carbocycles. The van der Waals surface area contributed by atoms with Crippen molar-refractivity contribution in [2.45, 2.75) is 39.0 Å². The first-order chi connectivity index (χ1) is 7.70. The molecule has 4 nitrogen and oxygen atoms in total. The lowest BCUT2D eigenvalue weighted by atomic mass is 9.76. The molecule has 1 aromatic heterocycles. The zero-order valence-corrected chi connectivity index (χ0v) is 9.75. The molecule has 0 saturated heterocycles. The summed E-state index contributed by atoms with van der Waals surface area (Å²) in [6, 6.07) is 0.